The van der Waals surface area contributed by atoms with Crippen LogP contribution in [0.2, 0.25) is 0 Å². The van der Waals surface area contributed by atoms with Gasteiger partial charge in [-0.2, -0.15) is 0 Å². The molecule has 0 aliphatic rings. The van der Waals surface area contributed by atoms with Gasteiger partial charge in [-0.25, -0.2) is 4.98 Å². The average molecular weight is 394 g/mol. The summed E-state index contributed by atoms with van der Waals surface area (Å²) in [4.78, 5) is 28.1. The topological polar surface area (TPSA) is 97.1 Å². The highest BCUT2D eigenvalue weighted by atomic mass is 32.1. The van der Waals surface area contributed by atoms with Crippen molar-refractivity contribution in [2.24, 2.45) is 0 Å². The van der Waals surface area contributed by atoms with Crippen molar-refractivity contribution >= 4 is 33.8 Å². The average Bonchev–Trinajstić information content (AvgIpc) is 3.11. The standard InChI is InChI=1S/C21H22N4O2S/c22-21-25-18(14-28-21)12-20(27)24-17-8-6-15(7-9-17)10-11-23-13-19(26)16-4-2-1-3-5-16/h1-9,14,23H,10-13H2,(H2,22,25)(H,24,27). The summed E-state index contributed by atoms with van der Waals surface area (Å²) >= 11 is 1.32. The number of ketones is 1. The number of nitrogens with two attached hydrogens (primary N) is 1. The van der Waals surface area contributed by atoms with Gasteiger partial charge < -0.3 is 16.4 Å². The Balaban J connectivity index is 1.39. The van der Waals surface area contributed by atoms with E-state index in [4.69, 9.17) is 5.73 Å². The van der Waals surface area contributed by atoms with Crippen LogP contribution in [0, 0.1) is 0 Å². The number of nitrogen functional groups attached to an aromatic ring is 1. The van der Waals surface area contributed by atoms with Crippen LogP contribution in [0.1, 0.15) is 21.6 Å². The third-order valence-electron chi connectivity index (χ3n) is 4.12. The molecule has 28 heavy (non-hydrogen) atoms. The number of anilines is 2. The van der Waals surface area contributed by atoms with Gasteiger partial charge in [-0.05, 0) is 30.7 Å². The smallest absolute Gasteiger partial charge is 0.230 e. The first-order chi connectivity index (χ1) is 13.6. The second-order valence-electron chi connectivity index (χ2n) is 6.31. The highest BCUT2D eigenvalue weighted by Crippen LogP contribution is 2.13. The number of benzene rings is 2. The molecule has 144 valence electrons. The number of thiazole rings is 1. The summed E-state index contributed by atoms with van der Waals surface area (Å²) < 4.78 is 0. The number of nitrogens with one attached hydrogen (secondary N) is 2. The van der Waals surface area contributed by atoms with Crippen LogP contribution >= 0.6 is 11.3 Å². The van der Waals surface area contributed by atoms with Gasteiger partial charge in [0, 0.05) is 16.6 Å². The fraction of sp³-hybridized carbons (Fsp3) is 0.190. The molecule has 0 spiro atoms. The number of hydrogen-bond donors (Lipinski definition) is 3. The van der Waals surface area contributed by atoms with Crippen LogP contribution in [0.15, 0.2) is 60.0 Å². The van der Waals surface area contributed by atoms with Crippen molar-refractivity contribution in [3.63, 3.8) is 0 Å². The van der Waals surface area contributed by atoms with Crippen LogP contribution in [-0.4, -0.2) is 29.8 Å². The van der Waals surface area contributed by atoms with Crippen molar-refractivity contribution in [1.82, 2.24) is 10.3 Å². The molecule has 0 saturated carbocycles. The molecule has 4 N–H and O–H groups in total. The molecule has 1 heterocycles. The molecule has 1 aromatic heterocycles. The van der Waals surface area contributed by atoms with Crippen molar-refractivity contribution in [1.29, 1.82) is 0 Å². The van der Waals surface area contributed by atoms with E-state index in [-0.39, 0.29) is 18.1 Å². The Morgan fingerprint density at radius 2 is 1.79 bits per heavy atom. The van der Waals surface area contributed by atoms with Gasteiger partial charge in [-0.1, -0.05) is 42.5 Å². The van der Waals surface area contributed by atoms with Gasteiger partial charge in [0.2, 0.25) is 5.91 Å². The Morgan fingerprint density at radius 3 is 2.46 bits per heavy atom. The maximum Gasteiger partial charge on any atom is 0.230 e. The van der Waals surface area contributed by atoms with E-state index in [2.05, 4.69) is 15.6 Å². The predicted octanol–water partition coefficient (Wildman–Crippen LogP) is 2.92. The molecule has 0 aliphatic heterocycles. The summed E-state index contributed by atoms with van der Waals surface area (Å²) in [5, 5.41) is 8.27. The molecular formula is C21H22N4O2S. The number of nitrogens with zero attached hydrogens (tertiary/aromatic N) is 1. The Kier molecular flexibility index (Phi) is 6.89. The molecule has 0 radical (unpaired) electrons. The fourth-order valence-electron chi connectivity index (χ4n) is 2.69. The summed E-state index contributed by atoms with van der Waals surface area (Å²) in [6, 6.07) is 16.9. The number of amides is 1. The molecule has 0 unspecified atom stereocenters. The number of aromatic nitrogens is 1. The van der Waals surface area contributed by atoms with E-state index in [0.717, 1.165) is 23.2 Å². The summed E-state index contributed by atoms with van der Waals surface area (Å²) in [5.41, 5.74) is 8.83. The lowest BCUT2D eigenvalue weighted by Gasteiger charge is -2.07. The normalized spacial score (nSPS) is 10.6. The van der Waals surface area contributed by atoms with E-state index < -0.39 is 0 Å². The van der Waals surface area contributed by atoms with Gasteiger partial charge in [0.05, 0.1) is 18.7 Å². The van der Waals surface area contributed by atoms with Crippen LogP contribution in [-0.2, 0) is 17.6 Å². The van der Waals surface area contributed by atoms with E-state index in [1.807, 2.05) is 54.6 Å². The van der Waals surface area contributed by atoms with E-state index in [1.165, 1.54) is 11.3 Å². The number of Topliss-reactive ketones (excluding diaryl/α,β-unsaturated/α-hetero) is 1. The van der Waals surface area contributed by atoms with Gasteiger partial charge in [-0.15, -0.1) is 11.3 Å². The van der Waals surface area contributed by atoms with Gasteiger partial charge in [0.25, 0.3) is 0 Å². The van der Waals surface area contributed by atoms with Gasteiger partial charge in [-0.3, -0.25) is 9.59 Å². The number of hydrogen-bond acceptors (Lipinski definition) is 6. The first-order valence-corrected chi connectivity index (χ1v) is 9.86. The number of carbonyl (C=O) groups excluding carboxylic acids is 2. The third-order valence-corrected chi connectivity index (χ3v) is 4.84. The molecule has 3 aromatic rings. The van der Waals surface area contributed by atoms with Crippen LogP contribution in [0.25, 0.3) is 0 Å². The highest BCUT2D eigenvalue weighted by molar-refractivity contribution is 7.13. The quantitative estimate of drug-likeness (QED) is 0.383. The largest absolute Gasteiger partial charge is 0.375 e. The van der Waals surface area contributed by atoms with Crippen LogP contribution in [0.5, 0.6) is 0 Å². The minimum atomic E-state index is -0.126. The lowest BCUT2D eigenvalue weighted by atomic mass is 10.1. The van der Waals surface area contributed by atoms with E-state index in [0.29, 0.717) is 23.9 Å². The molecule has 0 bridgehead atoms. The lowest BCUT2D eigenvalue weighted by molar-refractivity contribution is -0.115. The summed E-state index contributed by atoms with van der Waals surface area (Å²) in [6.45, 7) is 1.02. The van der Waals surface area contributed by atoms with Gasteiger partial charge >= 0.3 is 0 Å². The molecule has 3 rings (SSSR count). The molecule has 2 aromatic carbocycles. The minimum absolute atomic E-state index is 0.0838. The molecule has 0 fully saturated rings. The Bertz CT molecular complexity index is 923. The second kappa shape index (κ2) is 9.77. The lowest BCUT2D eigenvalue weighted by Crippen LogP contribution is -2.25. The maximum atomic E-state index is 12.0. The highest BCUT2D eigenvalue weighted by Gasteiger charge is 2.07. The van der Waals surface area contributed by atoms with E-state index in [9.17, 15) is 9.59 Å². The second-order valence-corrected chi connectivity index (χ2v) is 7.20. The van der Waals surface area contributed by atoms with Crippen LogP contribution < -0.4 is 16.4 Å². The maximum absolute atomic E-state index is 12.0. The van der Waals surface area contributed by atoms with E-state index in [1.54, 1.807) is 5.38 Å². The molecule has 1 amide bonds. The first-order valence-electron chi connectivity index (χ1n) is 8.98. The van der Waals surface area contributed by atoms with Gasteiger partial charge in [0.1, 0.15) is 0 Å². The number of carbonyl (C=O) groups is 2. The molecule has 6 nitrogen and oxygen atoms in total. The molecular weight excluding hydrogens is 372 g/mol. The van der Waals surface area contributed by atoms with Crippen molar-refractivity contribution < 1.29 is 9.59 Å². The first kappa shape index (κ1) is 19.7. The zero-order valence-corrected chi connectivity index (χ0v) is 16.2. The van der Waals surface area contributed by atoms with Gasteiger partial charge in [0.15, 0.2) is 10.9 Å². The zero-order valence-electron chi connectivity index (χ0n) is 15.4. The van der Waals surface area contributed by atoms with Crippen molar-refractivity contribution in [2.75, 3.05) is 24.1 Å². The SMILES string of the molecule is Nc1nc(CC(=O)Nc2ccc(CCNCC(=O)c3ccccc3)cc2)cs1. The summed E-state index contributed by atoms with van der Waals surface area (Å²) in [7, 11) is 0. The molecule has 0 aliphatic carbocycles. The fourth-order valence-corrected chi connectivity index (χ4v) is 3.25. The molecule has 7 heteroatoms. The third kappa shape index (κ3) is 6.00. The minimum Gasteiger partial charge on any atom is -0.375 e. The molecule has 0 atom stereocenters. The van der Waals surface area contributed by atoms with Crippen molar-refractivity contribution in [3.8, 4) is 0 Å². The molecule has 0 saturated heterocycles. The van der Waals surface area contributed by atoms with E-state index >= 15 is 0 Å². The Labute approximate surface area is 167 Å². The monoisotopic (exact) mass is 394 g/mol. The van der Waals surface area contributed by atoms with Crippen LogP contribution in [0.3, 0.4) is 0 Å². The van der Waals surface area contributed by atoms with Crippen molar-refractivity contribution in [3.05, 3.63) is 76.8 Å². The summed E-state index contributed by atoms with van der Waals surface area (Å²) in [5.74, 6) is -0.0420. The zero-order chi connectivity index (χ0) is 19.8. The number of rotatable bonds is 9. The Morgan fingerprint density at radius 1 is 1.04 bits per heavy atom. The van der Waals surface area contributed by atoms with Crippen molar-refractivity contribution in [2.45, 2.75) is 12.8 Å². The summed E-state index contributed by atoms with van der Waals surface area (Å²) in [6.07, 6.45) is 1.00. The van der Waals surface area contributed by atoms with Crippen LogP contribution in [0.4, 0.5) is 10.8 Å². The predicted molar refractivity (Wildman–Crippen MR) is 113 cm³/mol. The Hall–Kier alpha value is -3.03.